The summed E-state index contributed by atoms with van der Waals surface area (Å²) in [7, 11) is 0. The Morgan fingerprint density at radius 1 is 0.886 bits per heavy atom. The Bertz CT molecular complexity index is 1430. The molecule has 0 saturated heterocycles. The molecule has 0 saturated carbocycles. The Balaban J connectivity index is 1.19. The topological polar surface area (TPSA) is 86.1 Å². The summed E-state index contributed by atoms with van der Waals surface area (Å²) in [6, 6.07) is 23.5. The molecule has 0 unspecified atom stereocenters. The van der Waals surface area contributed by atoms with Gasteiger partial charge in [-0.2, -0.15) is 0 Å². The normalized spacial score (nSPS) is 12.1. The summed E-state index contributed by atoms with van der Waals surface area (Å²) in [4.78, 5) is 11.9. The van der Waals surface area contributed by atoms with Crippen molar-refractivity contribution in [1.29, 1.82) is 0 Å². The number of nitrogens with one attached hydrogen (secondary N) is 1. The van der Waals surface area contributed by atoms with Gasteiger partial charge in [-0.1, -0.05) is 48.6 Å². The average molecular weight is 463 g/mol. The van der Waals surface area contributed by atoms with Crippen LogP contribution in [-0.2, 0) is 6.42 Å². The summed E-state index contributed by atoms with van der Waals surface area (Å²) < 4.78 is 11.8. The van der Waals surface area contributed by atoms with Crippen molar-refractivity contribution in [3.8, 4) is 17.4 Å². The van der Waals surface area contributed by atoms with Gasteiger partial charge in [0.25, 0.3) is 0 Å². The molecule has 1 atom stereocenters. The fourth-order valence-electron chi connectivity index (χ4n) is 3.84. The van der Waals surface area contributed by atoms with E-state index in [0.29, 0.717) is 18.2 Å². The first kappa shape index (κ1) is 22.4. The highest BCUT2D eigenvalue weighted by Crippen LogP contribution is 2.22. The molecule has 0 bridgehead atoms. The van der Waals surface area contributed by atoms with Crippen LogP contribution in [0.1, 0.15) is 16.7 Å². The molecule has 0 fully saturated rings. The molecule has 0 aliphatic carbocycles. The Morgan fingerprint density at radius 3 is 2.63 bits per heavy atom. The van der Waals surface area contributed by atoms with E-state index in [4.69, 9.17) is 15.2 Å². The first-order valence-corrected chi connectivity index (χ1v) is 11.5. The molecule has 0 aliphatic rings. The molecule has 174 valence electrons. The highest BCUT2D eigenvalue weighted by molar-refractivity contribution is 5.83. The molecule has 5 aromatic rings. The second-order valence-corrected chi connectivity index (χ2v) is 8.26. The van der Waals surface area contributed by atoms with Gasteiger partial charge in [-0.3, -0.25) is 4.98 Å². The fourth-order valence-corrected chi connectivity index (χ4v) is 3.84. The SMILES string of the molecule is N[C@H](COc1cncc(C=Cc2ccnc(Oc3ccccc3)c2)c1)Cc1c[nH]c2ccccc12. The van der Waals surface area contributed by atoms with Crippen molar-refractivity contribution in [3.05, 3.63) is 114 Å². The maximum atomic E-state index is 6.35. The van der Waals surface area contributed by atoms with Crippen molar-refractivity contribution in [2.75, 3.05) is 6.61 Å². The first-order chi connectivity index (χ1) is 17.2. The largest absolute Gasteiger partial charge is 0.490 e. The van der Waals surface area contributed by atoms with Gasteiger partial charge in [0.05, 0.1) is 6.20 Å². The minimum absolute atomic E-state index is 0.131. The minimum Gasteiger partial charge on any atom is -0.490 e. The van der Waals surface area contributed by atoms with Crippen LogP contribution >= 0.6 is 0 Å². The lowest BCUT2D eigenvalue weighted by Crippen LogP contribution is -2.30. The molecule has 3 N–H and O–H groups in total. The molecular weight excluding hydrogens is 436 g/mol. The van der Waals surface area contributed by atoms with Crippen LogP contribution in [0.25, 0.3) is 23.1 Å². The Kier molecular flexibility index (Phi) is 6.82. The number of aromatic amines is 1. The van der Waals surface area contributed by atoms with Crippen LogP contribution in [0.5, 0.6) is 17.4 Å². The van der Waals surface area contributed by atoms with Crippen LogP contribution in [0.15, 0.2) is 97.6 Å². The quantitative estimate of drug-likeness (QED) is 0.286. The van der Waals surface area contributed by atoms with Gasteiger partial charge in [-0.15, -0.1) is 0 Å². The van der Waals surface area contributed by atoms with Crippen molar-refractivity contribution in [1.82, 2.24) is 15.0 Å². The number of nitrogens with two attached hydrogens (primary N) is 1. The van der Waals surface area contributed by atoms with Crippen molar-refractivity contribution in [3.63, 3.8) is 0 Å². The van der Waals surface area contributed by atoms with Crippen LogP contribution in [0.2, 0.25) is 0 Å². The van der Waals surface area contributed by atoms with Crippen LogP contribution in [-0.4, -0.2) is 27.6 Å². The summed E-state index contributed by atoms with van der Waals surface area (Å²) in [5.41, 5.74) is 10.6. The maximum absolute atomic E-state index is 6.35. The number of hydrogen-bond donors (Lipinski definition) is 2. The van der Waals surface area contributed by atoms with Gasteiger partial charge < -0.3 is 20.2 Å². The van der Waals surface area contributed by atoms with E-state index < -0.39 is 0 Å². The van der Waals surface area contributed by atoms with Gasteiger partial charge in [0.15, 0.2) is 0 Å². The summed E-state index contributed by atoms with van der Waals surface area (Å²) in [6.45, 7) is 0.402. The second kappa shape index (κ2) is 10.7. The van der Waals surface area contributed by atoms with Gasteiger partial charge in [0.1, 0.15) is 18.1 Å². The number of fused-ring (bicyclic) bond motifs is 1. The van der Waals surface area contributed by atoms with E-state index in [0.717, 1.165) is 28.8 Å². The zero-order valence-corrected chi connectivity index (χ0v) is 19.2. The molecule has 0 amide bonds. The van der Waals surface area contributed by atoms with Gasteiger partial charge in [0, 0.05) is 41.6 Å². The number of H-pyrrole nitrogens is 1. The van der Waals surface area contributed by atoms with Gasteiger partial charge in [0.2, 0.25) is 5.88 Å². The molecular formula is C29H26N4O2. The van der Waals surface area contributed by atoms with Crippen molar-refractivity contribution < 1.29 is 9.47 Å². The van der Waals surface area contributed by atoms with Gasteiger partial charge in [-0.25, -0.2) is 4.98 Å². The number of rotatable bonds is 9. The Morgan fingerprint density at radius 2 is 1.71 bits per heavy atom. The number of hydrogen-bond acceptors (Lipinski definition) is 5. The molecule has 3 heterocycles. The highest BCUT2D eigenvalue weighted by atomic mass is 16.5. The molecule has 0 spiro atoms. The predicted octanol–water partition coefficient (Wildman–Crippen LogP) is 5.87. The third-order valence-corrected chi connectivity index (χ3v) is 5.55. The van der Waals surface area contributed by atoms with E-state index in [-0.39, 0.29) is 6.04 Å². The number of nitrogens with zero attached hydrogens (tertiary/aromatic N) is 2. The zero-order chi connectivity index (χ0) is 23.9. The molecule has 6 nitrogen and oxygen atoms in total. The minimum atomic E-state index is -0.131. The molecule has 0 radical (unpaired) electrons. The van der Waals surface area contributed by atoms with E-state index in [9.17, 15) is 0 Å². The highest BCUT2D eigenvalue weighted by Gasteiger charge is 2.10. The smallest absolute Gasteiger partial charge is 0.219 e. The lowest BCUT2D eigenvalue weighted by molar-refractivity contribution is 0.287. The van der Waals surface area contributed by atoms with E-state index in [1.165, 1.54) is 10.9 Å². The van der Waals surface area contributed by atoms with Crippen molar-refractivity contribution in [2.45, 2.75) is 12.5 Å². The third-order valence-electron chi connectivity index (χ3n) is 5.55. The molecule has 3 aromatic heterocycles. The molecule has 5 rings (SSSR count). The van der Waals surface area contributed by atoms with Crippen molar-refractivity contribution >= 4 is 23.1 Å². The number of pyridine rings is 2. The number of benzene rings is 2. The molecule has 2 aromatic carbocycles. The van der Waals surface area contributed by atoms with Crippen LogP contribution in [0.4, 0.5) is 0 Å². The van der Waals surface area contributed by atoms with Crippen LogP contribution in [0.3, 0.4) is 0 Å². The predicted molar refractivity (Wildman–Crippen MR) is 139 cm³/mol. The first-order valence-electron chi connectivity index (χ1n) is 11.5. The molecule has 35 heavy (non-hydrogen) atoms. The summed E-state index contributed by atoms with van der Waals surface area (Å²) in [6.07, 6.45) is 11.9. The summed E-state index contributed by atoms with van der Waals surface area (Å²) >= 11 is 0. The lowest BCUT2D eigenvalue weighted by Gasteiger charge is -2.13. The van der Waals surface area contributed by atoms with Crippen LogP contribution < -0.4 is 15.2 Å². The number of ether oxygens (including phenoxy) is 2. The third kappa shape index (κ3) is 5.93. The average Bonchev–Trinajstić information content (AvgIpc) is 3.30. The van der Waals surface area contributed by atoms with E-state index >= 15 is 0 Å². The van der Waals surface area contributed by atoms with E-state index in [2.05, 4.69) is 27.1 Å². The van der Waals surface area contributed by atoms with Crippen LogP contribution in [0, 0.1) is 0 Å². The van der Waals surface area contributed by atoms with Crippen molar-refractivity contribution in [2.24, 2.45) is 5.73 Å². The van der Waals surface area contributed by atoms with E-state index in [1.54, 1.807) is 18.6 Å². The lowest BCUT2D eigenvalue weighted by atomic mass is 10.1. The van der Waals surface area contributed by atoms with Gasteiger partial charge in [-0.05, 0) is 53.4 Å². The monoisotopic (exact) mass is 462 g/mol. The summed E-state index contributed by atoms with van der Waals surface area (Å²) in [5, 5.41) is 1.20. The Hall–Kier alpha value is -4.42. The maximum Gasteiger partial charge on any atom is 0.219 e. The standard InChI is InChI=1S/C29H26N4O2/c30-24(16-23-18-33-28-9-5-4-8-27(23)28)20-34-26-14-22(17-31-19-26)11-10-21-12-13-32-29(15-21)35-25-6-2-1-3-7-25/h1-15,17-19,24,33H,16,20,30H2/t24-/m0/s1. The number of aromatic nitrogens is 3. The zero-order valence-electron chi connectivity index (χ0n) is 19.2. The number of para-hydroxylation sites is 2. The van der Waals surface area contributed by atoms with Gasteiger partial charge >= 0.3 is 0 Å². The second-order valence-electron chi connectivity index (χ2n) is 8.26. The van der Waals surface area contributed by atoms with E-state index in [1.807, 2.05) is 79.0 Å². The summed E-state index contributed by atoms with van der Waals surface area (Å²) in [5.74, 6) is 1.97. The molecule has 0 aliphatic heterocycles. The fraction of sp³-hybridized carbons (Fsp3) is 0.103. The molecule has 6 heteroatoms. The Labute approximate surface area is 204 Å².